The normalized spacial score (nSPS) is 25.6. The monoisotopic (exact) mass is 289 g/mol. The van der Waals surface area contributed by atoms with Gasteiger partial charge in [0.15, 0.2) is 11.5 Å². The lowest BCUT2D eigenvalue weighted by Crippen LogP contribution is -2.35. The van der Waals surface area contributed by atoms with Gasteiger partial charge in [-0.25, -0.2) is 0 Å². The van der Waals surface area contributed by atoms with E-state index in [0.29, 0.717) is 18.2 Å². The minimum atomic E-state index is -0.0288. The Bertz CT molecular complexity index is 497. The number of carbonyl (C=O) groups is 1. The van der Waals surface area contributed by atoms with Crippen molar-refractivity contribution in [2.75, 3.05) is 31.1 Å². The lowest BCUT2D eigenvalue weighted by Gasteiger charge is -2.21. The molecule has 114 valence electrons. The summed E-state index contributed by atoms with van der Waals surface area (Å²) in [7, 11) is 0. The van der Waals surface area contributed by atoms with Crippen LogP contribution in [0.5, 0.6) is 0 Å². The molecule has 1 amide bonds. The SMILES string of the molecule is CC1CC(CN)CN1C(=O)c1ccc(N2CCCC2)nn1. The number of amides is 1. The minimum Gasteiger partial charge on any atom is -0.355 e. The van der Waals surface area contributed by atoms with Gasteiger partial charge >= 0.3 is 0 Å². The zero-order valence-electron chi connectivity index (χ0n) is 12.5. The van der Waals surface area contributed by atoms with E-state index in [1.54, 1.807) is 6.07 Å². The average molecular weight is 289 g/mol. The summed E-state index contributed by atoms with van der Waals surface area (Å²) >= 11 is 0. The van der Waals surface area contributed by atoms with E-state index >= 15 is 0 Å². The van der Waals surface area contributed by atoms with E-state index in [9.17, 15) is 4.79 Å². The van der Waals surface area contributed by atoms with Crippen LogP contribution in [0.3, 0.4) is 0 Å². The number of aromatic nitrogens is 2. The molecule has 2 atom stereocenters. The molecule has 2 aliphatic heterocycles. The second-order valence-electron chi connectivity index (χ2n) is 6.11. The van der Waals surface area contributed by atoms with E-state index in [0.717, 1.165) is 31.9 Å². The van der Waals surface area contributed by atoms with Crippen LogP contribution in [0.2, 0.25) is 0 Å². The van der Waals surface area contributed by atoms with Gasteiger partial charge in [-0.15, -0.1) is 10.2 Å². The highest BCUT2D eigenvalue weighted by molar-refractivity contribution is 5.92. The van der Waals surface area contributed by atoms with Crippen molar-refractivity contribution in [2.24, 2.45) is 11.7 Å². The average Bonchev–Trinajstić information content (AvgIpc) is 3.16. The van der Waals surface area contributed by atoms with Crippen molar-refractivity contribution in [3.8, 4) is 0 Å². The van der Waals surface area contributed by atoms with E-state index in [2.05, 4.69) is 22.0 Å². The number of nitrogens with two attached hydrogens (primary N) is 1. The van der Waals surface area contributed by atoms with Crippen molar-refractivity contribution in [1.82, 2.24) is 15.1 Å². The molecule has 0 aromatic carbocycles. The number of likely N-dealkylation sites (tertiary alicyclic amines) is 1. The van der Waals surface area contributed by atoms with Gasteiger partial charge in [-0.1, -0.05) is 0 Å². The zero-order valence-corrected chi connectivity index (χ0v) is 12.5. The summed E-state index contributed by atoms with van der Waals surface area (Å²) in [5.74, 6) is 1.25. The first-order valence-electron chi connectivity index (χ1n) is 7.78. The van der Waals surface area contributed by atoms with Gasteiger partial charge in [0.05, 0.1) is 0 Å². The highest BCUT2D eigenvalue weighted by Gasteiger charge is 2.32. The first-order chi connectivity index (χ1) is 10.2. The van der Waals surface area contributed by atoms with Gasteiger partial charge in [0.1, 0.15) is 0 Å². The molecule has 0 bridgehead atoms. The van der Waals surface area contributed by atoms with Crippen LogP contribution in [0.25, 0.3) is 0 Å². The molecule has 0 saturated carbocycles. The molecule has 6 heteroatoms. The number of carbonyl (C=O) groups excluding carboxylic acids is 1. The molecule has 2 unspecified atom stereocenters. The van der Waals surface area contributed by atoms with Crippen LogP contribution in [0.15, 0.2) is 12.1 Å². The summed E-state index contributed by atoms with van der Waals surface area (Å²) in [5, 5.41) is 8.36. The Balaban J connectivity index is 1.70. The molecule has 6 nitrogen and oxygen atoms in total. The molecule has 2 fully saturated rings. The standard InChI is InChI=1S/C15H23N5O/c1-11-8-12(9-16)10-20(11)15(21)13-4-5-14(18-17-13)19-6-2-3-7-19/h4-5,11-12H,2-3,6-10,16H2,1H3. The summed E-state index contributed by atoms with van der Waals surface area (Å²) in [6, 6.07) is 3.93. The van der Waals surface area contributed by atoms with E-state index in [4.69, 9.17) is 5.73 Å². The first-order valence-corrected chi connectivity index (χ1v) is 7.78. The predicted octanol–water partition coefficient (Wildman–Crippen LogP) is 0.886. The van der Waals surface area contributed by atoms with Crippen LogP contribution in [0, 0.1) is 5.92 Å². The van der Waals surface area contributed by atoms with E-state index in [-0.39, 0.29) is 11.9 Å². The maximum absolute atomic E-state index is 12.5. The molecule has 2 saturated heterocycles. The van der Waals surface area contributed by atoms with E-state index < -0.39 is 0 Å². The number of nitrogens with zero attached hydrogens (tertiary/aromatic N) is 4. The van der Waals surface area contributed by atoms with Crippen molar-refractivity contribution < 1.29 is 4.79 Å². The second-order valence-corrected chi connectivity index (χ2v) is 6.11. The molecule has 0 aliphatic carbocycles. The van der Waals surface area contributed by atoms with Gasteiger partial charge in [0, 0.05) is 25.7 Å². The molecule has 21 heavy (non-hydrogen) atoms. The van der Waals surface area contributed by atoms with Crippen LogP contribution in [0.4, 0.5) is 5.82 Å². The maximum Gasteiger partial charge on any atom is 0.274 e. The van der Waals surface area contributed by atoms with Crippen molar-refractivity contribution in [3.05, 3.63) is 17.8 Å². The molecular weight excluding hydrogens is 266 g/mol. The van der Waals surface area contributed by atoms with E-state index in [1.807, 2.05) is 11.0 Å². The fourth-order valence-electron chi connectivity index (χ4n) is 3.30. The maximum atomic E-state index is 12.5. The Kier molecular flexibility index (Phi) is 4.05. The largest absolute Gasteiger partial charge is 0.355 e. The second kappa shape index (κ2) is 5.97. The smallest absolute Gasteiger partial charge is 0.274 e. The minimum absolute atomic E-state index is 0.0288. The predicted molar refractivity (Wildman–Crippen MR) is 81.1 cm³/mol. The lowest BCUT2D eigenvalue weighted by atomic mass is 10.1. The molecular formula is C15H23N5O. The molecule has 0 spiro atoms. The molecule has 1 aromatic rings. The summed E-state index contributed by atoms with van der Waals surface area (Å²) in [5.41, 5.74) is 6.15. The van der Waals surface area contributed by atoms with Crippen molar-refractivity contribution >= 4 is 11.7 Å². The Morgan fingerprint density at radius 3 is 2.67 bits per heavy atom. The fraction of sp³-hybridized carbons (Fsp3) is 0.667. The van der Waals surface area contributed by atoms with Gasteiger partial charge in [0.2, 0.25) is 0 Å². The lowest BCUT2D eigenvalue weighted by molar-refractivity contribution is 0.0736. The van der Waals surface area contributed by atoms with Crippen LogP contribution in [0.1, 0.15) is 36.7 Å². The number of rotatable bonds is 3. The quantitative estimate of drug-likeness (QED) is 0.894. The molecule has 1 aromatic heterocycles. The van der Waals surface area contributed by atoms with Crippen LogP contribution in [-0.4, -0.2) is 53.2 Å². The van der Waals surface area contributed by atoms with Crippen molar-refractivity contribution in [3.63, 3.8) is 0 Å². The summed E-state index contributed by atoms with van der Waals surface area (Å²) in [6.07, 6.45) is 3.38. The number of anilines is 1. The number of hydrogen-bond acceptors (Lipinski definition) is 5. The molecule has 0 radical (unpaired) electrons. The van der Waals surface area contributed by atoms with Crippen molar-refractivity contribution in [2.45, 2.75) is 32.2 Å². The van der Waals surface area contributed by atoms with E-state index in [1.165, 1.54) is 12.8 Å². The molecule has 3 heterocycles. The summed E-state index contributed by atoms with van der Waals surface area (Å²) in [4.78, 5) is 16.6. The molecule has 2 aliphatic rings. The molecule has 3 rings (SSSR count). The Morgan fingerprint density at radius 1 is 1.33 bits per heavy atom. The third kappa shape index (κ3) is 2.85. The highest BCUT2D eigenvalue weighted by atomic mass is 16.2. The topological polar surface area (TPSA) is 75.3 Å². The first kappa shape index (κ1) is 14.3. The van der Waals surface area contributed by atoms with Gasteiger partial charge in [-0.3, -0.25) is 4.79 Å². The van der Waals surface area contributed by atoms with Gasteiger partial charge in [-0.05, 0) is 50.8 Å². The summed E-state index contributed by atoms with van der Waals surface area (Å²) < 4.78 is 0. The Morgan fingerprint density at radius 2 is 2.10 bits per heavy atom. The zero-order chi connectivity index (χ0) is 14.8. The fourth-order valence-corrected chi connectivity index (χ4v) is 3.30. The summed E-state index contributed by atoms with van der Waals surface area (Å²) in [6.45, 7) is 5.49. The molecule has 2 N–H and O–H groups in total. The third-order valence-corrected chi connectivity index (χ3v) is 4.56. The Labute approximate surface area is 125 Å². The Hall–Kier alpha value is -1.69. The highest BCUT2D eigenvalue weighted by Crippen LogP contribution is 2.24. The van der Waals surface area contributed by atoms with Crippen LogP contribution >= 0.6 is 0 Å². The van der Waals surface area contributed by atoms with Crippen molar-refractivity contribution in [1.29, 1.82) is 0 Å². The van der Waals surface area contributed by atoms with Gasteiger partial charge in [-0.2, -0.15) is 0 Å². The van der Waals surface area contributed by atoms with Gasteiger partial charge in [0.25, 0.3) is 5.91 Å². The third-order valence-electron chi connectivity index (χ3n) is 4.56. The van der Waals surface area contributed by atoms with Crippen LogP contribution in [-0.2, 0) is 0 Å². The van der Waals surface area contributed by atoms with Crippen LogP contribution < -0.4 is 10.6 Å². The van der Waals surface area contributed by atoms with Gasteiger partial charge < -0.3 is 15.5 Å². The number of hydrogen-bond donors (Lipinski definition) is 1.